The Morgan fingerprint density at radius 2 is 1.07 bits per heavy atom. The molecule has 0 radical (unpaired) electrons. The molecule has 0 aliphatic carbocycles. The van der Waals surface area contributed by atoms with Crippen LogP contribution in [-0.4, -0.2) is 66.3 Å². The van der Waals surface area contributed by atoms with Crippen LogP contribution in [0, 0.1) is 0 Å². The minimum absolute atomic E-state index is 0.0560. The van der Waals surface area contributed by atoms with Crippen LogP contribution in [-0.2, 0) is 27.9 Å². The Labute approximate surface area is 257 Å². The third-order valence-corrected chi connectivity index (χ3v) is 8.24. The zero-order chi connectivity index (χ0) is 31.2. The molecule has 0 heterocycles. The molecule has 9 nitrogen and oxygen atoms in total. The summed E-state index contributed by atoms with van der Waals surface area (Å²) < 4.78 is 33.0. The molecule has 0 aromatic carbocycles. The average Bonchev–Trinajstić information content (AvgIpc) is 2.97. The minimum Gasteiger partial charge on any atom is -0.457 e. The fourth-order valence-electron chi connectivity index (χ4n) is 4.65. The van der Waals surface area contributed by atoms with Gasteiger partial charge >= 0.3 is 13.8 Å². The van der Waals surface area contributed by atoms with E-state index in [1.165, 1.54) is 103 Å². The van der Waals surface area contributed by atoms with Crippen molar-refractivity contribution in [3.05, 3.63) is 0 Å². The summed E-state index contributed by atoms with van der Waals surface area (Å²) in [6.07, 6.45) is 23.6. The molecular weight excluding hydrogens is 559 g/mol. The van der Waals surface area contributed by atoms with E-state index >= 15 is 0 Å². The molecule has 0 aromatic heterocycles. The summed E-state index contributed by atoms with van der Waals surface area (Å²) in [5, 5.41) is 18.2. The van der Waals surface area contributed by atoms with Gasteiger partial charge in [0.2, 0.25) is 0 Å². The highest BCUT2D eigenvalue weighted by molar-refractivity contribution is 7.47. The van der Waals surface area contributed by atoms with Gasteiger partial charge in [0.05, 0.1) is 26.4 Å². The molecular formula is C32H65O9P. The van der Waals surface area contributed by atoms with Crippen LogP contribution in [0.1, 0.15) is 155 Å². The van der Waals surface area contributed by atoms with Crippen LogP contribution < -0.4 is 0 Å². The maximum atomic E-state index is 12.4. The molecule has 0 aromatic rings. The van der Waals surface area contributed by atoms with Gasteiger partial charge in [0.25, 0.3) is 0 Å². The van der Waals surface area contributed by atoms with Crippen LogP contribution in [0.3, 0.4) is 0 Å². The Kier molecular flexibility index (Phi) is 30.1. The number of aliphatic hydroxyl groups excluding tert-OH is 2. The molecule has 0 saturated heterocycles. The summed E-state index contributed by atoms with van der Waals surface area (Å²) in [5.41, 5.74) is 0. The predicted molar refractivity (Wildman–Crippen MR) is 168 cm³/mol. The standard InChI is InChI=1S/C32H65O9P/c1-3-5-7-9-11-12-13-14-15-16-17-19-21-23-25-38-28-31(29-40-42(36,37)39-27-30(34)26-33)41-32(35)24-22-20-18-10-8-6-4-2/h30-31,33-34H,3-29H2,1-2H3,(H,36,37). The van der Waals surface area contributed by atoms with Gasteiger partial charge in [0.1, 0.15) is 12.2 Å². The molecule has 0 amide bonds. The zero-order valence-corrected chi connectivity index (χ0v) is 27.9. The van der Waals surface area contributed by atoms with Crippen LogP contribution in [0.2, 0.25) is 0 Å². The molecule has 252 valence electrons. The molecule has 0 aliphatic heterocycles. The molecule has 3 unspecified atom stereocenters. The number of carbonyl (C=O) groups is 1. The van der Waals surface area contributed by atoms with E-state index in [1.54, 1.807) is 0 Å². The lowest BCUT2D eigenvalue weighted by atomic mass is 10.0. The Balaban J connectivity index is 4.18. The molecule has 0 fully saturated rings. The highest BCUT2D eigenvalue weighted by atomic mass is 31.2. The summed E-state index contributed by atoms with van der Waals surface area (Å²) in [6, 6.07) is 0. The number of ether oxygens (including phenoxy) is 2. The molecule has 0 bridgehead atoms. The van der Waals surface area contributed by atoms with E-state index in [1.807, 2.05) is 0 Å². The Morgan fingerprint density at radius 1 is 0.643 bits per heavy atom. The van der Waals surface area contributed by atoms with Crippen molar-refractivity contribution in [2.45, 2.75) is 167 Å². The van der Waals surface area contributed by atoms with Gasteiger partial charge in [0, 0.05) is 13.0 Å². The minimum atomic E-state index is -4.49. The monoisotopic (exact) mass is 624 g/mol. The summed E-state index contributed by atoms with van der Waals surface area (Å²) >= 11 is 0. The molecule has 3 N–H and O–H groups in total. The highest BCUT2D eigenvalue weighted by Gasteiger charge is 2.26. The number of esters is 1. The molecule has 10 heteroatoms. The number of hydrogen-bond acceptors (Lipinski definition) is 8. The van der Waals surface area contributed by atoms with Crippen LogP contribution in [0.4, 0.5) is 0 Å². The maximum absolute atomic E-state index is 12.4. The topological polar surface area (TPSA) is 132 Å². The third kappa shape index (κ3) is 29.5. The van der Waals surface area contributed by atoms with Gasteiger partial charge in [-0.2, -0.15) is 0 Å². The van der Waals surface area contributed by atoms with E-state index in [4.69, 9.17) is 19.1 Å². The number of carbonyl (C=O) groups excluding carboxylic acids is 1. The lowest BCUT2D eigenvalue weighted by molar-refractivity contribution is -0.154. The fourth-order valence-corrected chi connectivity index (χ4v) is 5.44. The van der Waals surface area contributed by atoms with Gasteiger partial charge in [-0.05, 0) is 12.8 Å². The van der Waals surface area contributed by atoms with E-state index in [2.05, 4.69) is 18.4 Å². The first kappa shape index (κ1) is 41.5. The van der Waals surface area contributed by atoms with Crippen LogP contribution in [0.25, 0.3) is 0 Å². The van der Waals surface area contributed by atoms with Crippen LogP contribution >= 0.6 is 7.82 Å². The van der Waals surface area contributed by atoms with Gasteiger partial charge in [-0.25, -0.2) is 4.57 Å². The molecule has 0 rings (SSSR count). The van der Waals surface area contributed by atoms with Crippen LogP contribution in [0.15, 0.2) is 0 Å². The summed E-state index contributed by atoms with van der Waals surface area (Å²) in [5.74, 6) is -0.387. The lowest BCUT2D eigenvalue weighted by Crippen LogP contribution is -2.29. The average molecular weight is 625 g/mol. The normalized spacial score (nSPS) is 14.5. The second-order valence-corrected chi connectivity index (χ2v) is 13.0. The van der Waals surface area contributed by atoms with Crippen molar-refractivity contribution in [1.82, 2.24) is 0 Å². The summed E-state index contributed by atoms with van der Waals surface area (Å²) in [7, 11) is -4.49. The number of phosphoric ester groups is 1. The van der Waals surface area contributed by atoms with Crippen LogP contribution in [0.5, 0.6) is 0 Å². The largest absolute Gasteiger partial charge is 0.472 e. The van der Waals surface area contributed by atoms with Crippen molar-refractivity contribution in [3.8, 4) is 0 Å². The second kappa shape index (κ2) is 30.5. The van der Waals surface area contributed by atoms with Crippen molar-refractivity contribution in [2.24, 2.45) is 0 Å². The van der Waals surface area contributed by atoms with E-state index in [9.17, 15) is 19.4 Å². The summed E-state index contributed by atoms with van der Waals surface area (Å²) in [4.78, 5) is 22.2. The molecule has 42 heavy (non-hydrogen) atoms. The second-order valence-electron chi connectivity index (χ2n) is 11.6. The van der Waals surface area contributed by atoms with Gasteiger partial charge < -0.3 is 24.6 Å². The maximum Gasteiger partial charge on any atom is 0.472 e. The number of aliphatic hydroxyl groups is 2. The van der Waals surface area contributed by atoms with Gasteiger partial charge in [0.15, 0.2) is 0 Å². The lowest BCUT2D eigenvalue weighted by Gasteiger charge is -2.20. The fraction of sp³-hybridized carbons (Fsp3) is 0.969. The number of rotatable bonds is 33. The van der Waals surface area contributed by atoms with Crippen molar-refractivity contribution >= 4 is 13.8 Å². The van der Waals surface area contributed by atoms with Crippen molar-refractivity contribution < 1.29 is 43.0 Å². The van der Waals surface area contributed by atoms with Crippen molar-refractivity contribution in [1.29, 1.82) is 0 Å². The van der Waals surface area contributed by atoms with Gasteiger partial charge in [-0.1, -0.05) is 136 Å². The quantitative estimate of drug-likeness (QED) is 0.0377. The van der Waals surface area contributed by atoms with Gasteiger partial charge in [-0.3, -0.25) is 13.8 Å². The Hall–Kier alpha value is -0.540. The van der Waals surface area contributed by atoms with E-state index < -0.39 is 33.2 Å². The van der Waals surface area contributed by atoms with Crippen molar-refractivity contribution in [2.75, 3.05) is 33.0 Å². The van der Waals surface area contributed by atoms with E-state index in [0.717, 1.165) is 32.1 Å². The van der Waals surface area contributed by atoms with E-state index in [0.29, 0.717) is 6.61 Å². The molecule has 0 spiro atoms. The first-order chi connectivity index (χ1) is 20.3. The Morgan fingerprint density at radius 3 is 1.55 bits per heavy atom. The highest BCUT2D eigenvalue weighted by Crippen LogP contribution is 2.43. The molecule has 0 aliphatic rings. The number of hydrogen-bond donors (Lipinski definition) is 3. The summed E-state index contributed by atoms with van der Waals surface area (Å²) in [6.45, 7) is 3.48. The smallest absolute Gasteiger partial charge is 0.457 e. The first-order valence-electron chi connectivity index (χ1n) is 17.0. The molecule has 0 saturated carbocycles. The number of unbranched alkanes of at least 4 members (excludes halogenated alkanes) is 19. The SMILES string of the molecule is CCCCCCCCCCCCCCCCOCC(COP(=O)(O)OCC(O)CO)OC(=O)CCCCCCCCC. The van der Waals surface area contributed by atoms with Crippen molar-refractivity contribution in [3.63, 3.8) is 0 Å². The predicted octanol–water partition coefficient (Wildman–Crippen LogP) is 8.02. The van der Waals surface area contributed by atoms with E-state index in [-0.39, 0.29) is 25.6 Å². The van der Waals surface area contributed by atoms with Gasteiger partial charge in [-0.15, -0.1) is 0 Å². The third-order valence-electron chi connectivity index (χ3n) is 7.29. The zero-order valence-electron chi connectivity index (χ0n) is 27.0. The Bertz CT molecular complexity index is 635. The first-order valence-corrected chi connectivity index (χ1v) is 18.5. The number of phosphoric acid groups is 1. The molecule has 3 atom stereocenters.